The van der Waals surface area contributed by atoms with Crippen molar-refractivity contribution in [3.63, 3.8) is 0 Å². The Bertz CT molecular complexity index is 601. The van der Waals surface area contributed by atoms with Crippen molar-refractivity contribution in [1.29, 1.82) is 0 Å². The maximum Gasteiger partial charge on any atom is 0.175 e. The van der Waals surface area contributed by atoms with Crippen molar-refractivity contribution in [3.05, 3.63) is 40.7 Å². The first-order valence-electron chi connectivity index (χ1n) is 7.77. The Balaban J connectivity index is 0.00000242. The van der Waals surface area contributed by atoms with Gasteiger partial charge in [0.05, 0.1) is 5.69 Å². The van der Waals surface area contributed by atoms with Gasteiger partial charge >= 0.3 is 0 Å². The van der Waals surface area contributed by atoms with Crippen molar-refractivity contribution in [2.75, 3.05) is 0 Å². The van der Waals surface area contributed by atoms with Crippen LogP contribution in [0.2, 0.25) is 0 Å². The molecule has 0 bridgehead atoms. The van der Waals surface area contributed by atoms with Crippen LogP contribution < -0.4 is 0 Å². The van der Waals surface area contributed by atoms with E-state index in [4.69, 9.17) is 0 Å². The fourth-order valence-electron chi connectivity index (χ4n) is 3.01. The van der Waals surface area contributed by atoms with Gasteiger partial charge in [-0.25, -0.2) is 0 Å². The van der Waals surface area contributed by atoms with E-state index in [9.17, 15) is 4.79 Å². The Hall–Kier alpha value is -1.57. The molecule has 21 heavy (non-hydrogen) atoms. The number of allylic oxidation sites excluding steroid dienone is 2. The number of aryl methyl sites for hydroxylation is 1. The third kappa shape index (κ3) is 3.55. The van der Waals surface area contributed by atoms with Gasteiger partial charge in [0.15, 0.2) is 5.78 Å². The van der Waals surface area contributed by atoms with Crippen LogP contribution in [-0.2, 0) is 0 Å². The molecule has 1 aromatic heterocycles. The summed E-state index contributed by atoms with van der Waals surface area (Å²) in [6.45, 7) is 14.8. The van der Waals surface area contributed by atoms with Gasteiger partial charge in [0.25, 0.3) is 0 Å². The van der Waals surface area contributed by atoms with E-state index in [1.54, 1.807) is 6.92 Å². The second kappa shape index (κ2) is 5.67. The monoisotopic (exact) mass is 287 g/mol. The Labute approximate surface area is 129 Å². The zero-order valence-electron chi connectivity index (χ0n) is 14.0. The number of rotatable bonds is 2. The Morgan fingerprint density at radius 1 is 1.48 bits per heavy atom. The molecule has 1 aliphatic rings. The first kappa shape index (κ1) is 15.8. The first-order valence-corrected chi connectivity index (χ1v) is 7.77. The van der Waals surface area contributed by atoms with Gasteiger partial charge in [-0.2, -0.15) is 0 Å². The van der Waals surface area contributed by atoms with Gasteiger partial charge in [0, 0.05) is 14.0 Å². The SMILES string of the molecule is C=C1CCC(C(C)(C)C)C/C1=C/c1[nH]c(C(C)=O)cc1C.[HH]. The molecule has 2 nitrogen and oxygen atoms in total. The molecule has 0 amide bonds. The number of carbonyl (C=O) groups is 1. The van der Waals surface area contributed by atoms with Crippen LogP contribution in [0.25, 0.3) is 6.08 Å². The number of H-pyrrole nitrogens is 1. The quantitative estimate of drug-likeness (QED) is 0.710. The smallest absolute Gasteiger partial charge is 0.175 e. The third-order valence-corrected chi connectivity index (χ3v) is 4.69. The van der Waals surface area contributed by atoms with Crippen molar-refractivity contribution in [1.82, 2.24) is 4.98 Å². The maximum absolute atomic E-state index is 11.5. The molecule has 1 saturated carbocycles. The van der Waals surface area contributed by atoms with E-state index >= 15 is 0 Å². The Kier molecular flexibility index (Phi) is 4.27. The lowest BCUT2D eigenvalue weighted by molar-refractivity contribution is 0.101. The Morgan fingerprint density at radius 3 is 2.67 bits per heavy atom. The molecule has 1 aromatic rings. The van der Waals surface area contributed by atoms with Gasteiger partial charge in [-0.05, 0) is 60.8 Å². The average molecular weight is 287 g/mol. The number of Topliss-reactive ketones (excluding diaryl/α,β-unsaturated/α-hetero) is 1. The molecule has 2 heteroatoms. The van der Waals surface area contributed by atoms with Gasteiger partial charge < -0.3 is 4.98 Å². The van der Waals surface area contributed by atoms with Crippen LogP contribution in [0.3, 0.4) is 0 Å². The highest BCUT2D eigenvalue weighted by Crippen LogP contribution is 2.42. The molecule has 1 heterocycles. The molecular weight excluding hydrogens is 258 g/mol. The highest BCUT2D eigenvalue weighted by atomic mass is 16.1. The van der Waals surface area contributed by atoms with Crippen molar-refractivity contribution < 1.29 is 6.22 Å². The molecule has 1 aliphatic carbocycles. The molecule has 1 fully saturated rings. The lowest BCUT2D eigenvalue weighted by Crippen LogP contribution is -2.24. The molecule has 116 valence electrons. The summed E-state index contributed by atoms with van der Waals surface area (Å²) in [5.41, 5.74) is 5.77. The maximum atomic E-state index is 11.5. The predicted octanol–water partition coefficient (Wildman–Crippen LogP) is 5.56. The minimum Gasteiger partial charge on any atom is -0.352 e. The number of ketones is 1. The Morgan fingerprint density at radius 2 is 2.14 bits per heavy atom. The van der Waals surface area contributed by atoms with Crippen LogP contribution in [0.15, 0.2) is 23.8 Å². The van der Waals surface area contributed by atoms with Gasteiger partial charge in [-0.15, -0.1) is 0 Å². The summed E-state index contributed by atoms with van der Waals surface area (Å²) in [6.07, 6.45) is 5.58. The predicted molar refractivity (Wildman–Crippen MR) is 91.6 cm³/mol. The van der Waals surface area contributed by atoms with Crippen LogP contribution in [0.4, 0.5) is 0 Å². The van der Waals surface area contributed by atoms with E-state index in [0.29, 0.717) is 17.0 Å². The number of aromatic amines is 1. The summed E-state index contributed by atoms with van der Waals surface area (Å²) >= 11 is 0. The molecule has 0 saturated heterocycles. The molecule has 0 spiro atoms. The normalized spacial score (nSPS) is 21.9. The average Bonchev–Trinajstić information content (AvgIpc) is 2.72. The van der Waals surface area contributed by atoms with Gasteiger partial charge in [0.2, 0.25) is 0 Å². The molecule has 2 rings (SSSR count). The van der Waals surface area contributed by atoms with Crippen molar-refractivity contribution in [2.24, 2.45) is 11.3 Å². The standard InChI is InChI=1S/C19H27NO.H2/c1-12-7-8-16(19(4,5)6)10-15(12)11-17-13(2)9-18(20-17)14(3)21;/h9,11,16,20H,1,7-8,10H2,2-6H3;1H/b15-11-;. The lowest BCUT2D eigenvalue weighted by atomic mass is 9.69. The first-order chi connectivity index (χ1) is 9.68. The number of nitrogens with one attached hydrogen (secondary N) is 1. The van der Waals surface area contributed by atoms with Crippen LogP contribution in [0, 0.1) is 18.3 Å². The van der Waals surface area contributed by atoms with E-state index in [1.165, 1.54) is 17.6 Å². The highest BCUT2D eigenvalue weighted by Gasteiger charge is 2.29. The minimum absolute atomic E-state index is 0. The van der Waals surface area contributed by atoms with Crippen LogP contribution >= 0.6 is 0 Å². The summed E-state index contributed by atoms with van der Waals surface area (Å²) in [7, 11) is 0. The minimum atomic E-state index is 0. The lowest BCUT2D eigenvalue weighted by Gasteiger charge is -2.36. The van der Waals surface area contributed by atoms with Gasteiger partial charge in [-0.3, -0.25) is 4.79 Å². The van der Waals surface area contributed by atoms with E-state index in [0.717, 1.165) is 24.1 Å². The molecule has 1 unspecified atom stereocenters. The topological polar surface area (TPSA) is 32.9 Å². The molecular formula is C19H29NO. The van der Waals surface area contributed by atoms with Crippen molar-refractivity contribution in [2.45, 2.75) is 53.9 Å². The summed E-state index contributed by atoms with van der Waals surface area (Å²) in [5.74, 6) is 0.773. The van der Waals surface area contributed by atoms with Crippen LogP contribution in [-0.4, -0.2) is 10.8 Å². The van der Waals surface area contributed by atoms with Crippen molar-refractivity contribution >= 4 is 11.9 Å². The number of aromatic nitrogens is 1. The molecule has 0 aliphatic heterocycles. The second-order valence-corrected chi connectivity index (χ2v) is 7.41. The summed E-state index contributed by atoms with van der Waals surface area (Å²) < 4.78 is 0. The number of carbonyl (C=O) groups excluding carboxylic acids is 1. The largest absolute Gasteiger partial charge is 0.352 e. The van der Waals surface area contributed by atoms with E-state index in [2.05, 4.69) is 38.4 Å². The van der Waals surface area contributed by atoms with Crippen molar-refractivity contribution in [3.8, 4) is 0 Å². The fourth-order valence-corrected chi connectivity index (χ4v) is 3.01. The van der Waals surface area contributed by atoms with E-state index < -0.39 is 0 Å². The highest BCUT2D eigenvalue weighted by molar-refractivity contribution is 5.93. The van der Waals surface area contributed by atoms with E-state index in [-0.39, 0.29) is 7.21 Å². The zero-order valence-corrected chi connectivity index (χ0v) is 14.0. The van der Waals surface area contributed by atoms with Gasteiger partial charge in [-0.1, -0.05) is 32.9 Å². The molecule has 1 N–H and O–H groups in total. The number of hydrogen-bond donors (Lipinski definition) is 1. The summed E-state index contributed by atoms with van der Waals surface area (Å²) in [5, 5.41) is 0. The molecule has 0 radical (unpaired) electrons. The fraction of sp³-hybridized carbons (Fsp3) is 0.526. The molecule has 1 atom stereocenters. The second-order valence-electron chi connectivity index (χ2n) is 7.41. The van der Waals surface area contributed by atoms with Crippen LogP contribution in [0.5, 0.6) is 0 Å². The van der Waals surface area contributed by atoms with E-state index in [1.807, 2.05) is 13.0 Å². The summed E-state index contributed by atoms with van der Waals surface area (Å²) in [4.78, 5) is 14.7. The number of hydrogen-bond acceptors (Lipinski definition) is 1. The van der Waals surface area contributed by atoms with Gasteiger partial charge in [0.1, 0.15) is 0 Å². The third-order valence-electron chi connectivity index (χ3n) is 4.69. The molecule has 0 aromatic carbocycles. The summed E-state index contributed by atoms with van der Waals surface area (Å²) in [6, 6.07) is 1.93. The zero-order chi connectivity index (χ0) is 15.8. The van der Waals surface area contributed by atoms with Crippen LogP contribution in [0.1, 0.15) is 70.1 Å².